The van der Waals surface area contributed by atoms with Crippen LogP contribution >= 0.6 is 0 Å². The largest absolute Gasteiger partial charge is 0.490 e. The number of nitrogens with zero attached hydrogens (tertiary/aromatic N) is 4. The zero-order valence-corrected chi connectivity index (χ0v) is 16.6. The first-order valence-electron chi connectivity index (χ1n) is 9.37. The minimum absolute atomic E-state index is 0.00245. The van der Waals surface area contributed by atoms with E-state index in [9.17, 15) is 18.0 Å². The van der Waals surface area contributed by atoms with Gasteiger partial charge in [0.1, 0.15) is 11.9 Å². The number of carboxylic acid groups (broad SMARTS) is 1. The summed E-state index contributed by atoms with van der Waals surface area (Å²) >= 11 is 0. The minimum Gasteiger partial charge on any atom is -0.486 e. The molecule has 4 rings (SSSR count). The zero-order valence-electron chi connectivity index (χ0n) is 16.6. The highest BCUT2D eigenvalue weighted by Gasteiger charge is 2.47. The van der Waals surface area contributed by atoms with Crippen molar-refractivity contribution in [2.75, 3.05) is 19.7 Å². The second-order valence-electron chi connectivity index (χ2n) is 7.31. The number of hydrogen-bond donors (Lipinski definition) is 1. The lowest BCUT2D eigenvalue weighted by Crippen LogP contribution is -2.36. The Morgan fingerprint density at radius 1 is 1.35 bits per heavy atom. The van der Waals surface area contributed by atoms with E-state index < -0.39 is 12.1 Å². The number of halogens is 3. The second kappa shape index (κ2) is 8.92. The number of aliphatic carboxylic acids is 1. The SMILES string of the molecule is Cn1cc(C(=O)N2CC[C@]3(C[C@@H](Oc4cccnc4)CO3)C2)cn1.O=C(O)C(F)(F)F. The monoisotopic (exact) mass is 442 g/mol. The fourth-order valence-electron chi connectivity index (χ4n) is 3.50. The number of aromatic nitrogens is 3. The van der Waals surface area contributed by atoms with E-state index in [2.05, 4.69) is 10.1 Å². The summed E-state index contributed by atoms with van der Waals surface area (Å²) in [5.41, 5.74) is 0.334. The molecule has 2 aromatic rings. The highest BCUT2D eigenvalue weighted by molar-refractivity contribution is 5.94. The van der Waals surface area contributed by atoms with Crippen molar-refractivity contribution in [2.24, 2.45) is 7.05 Å². The van der Waals surface area contributed by atoms with E-state index in [4.69, 9.17) is 19.4 Å². The summed E-state index contributed by atoms with van der Waals surface area (Å²) in [6.07, 6.45) is 3.33. The van der Waals surface area contributed by atoms with Crippen molar-refractivity contribution in [3.63, 3.8) is 0 Å². The maximum atomic E-state index is 12.6. The number of carboxylic acids is 1. The fourth-order valence-corrected chi connectivity index (χ4v) is 3.50. The maximum Gasteiger partial charge on any atom is 0.490 e. The molecule has 1 N–H and O–H groups in total. The fraction of sp³-hybridized carbons (Fsp3) is 0.474. The van der Waals surface area contributed by atoms with E-state index in [-0.39, 0.29) is 17.6 Å². The predicted octanol–water partition coefficient (Wildman–Crippen LogP) is 1.90. The molecule has 2 fully saturated rings. The van der Waals surface area contributed by atoms with Crippen LogP contribution in [0.3, 0.4) is 0 Å². The Hall–Kier alpha value is -3.15. The summed E-state index contributed by atoms with van der Waals surface area (Å²) in [5, 5.41) is 11.2. The van der Waals surface area contributed by atoms with Crippen molar-refractivity contribution in [1.82, 2.24) is 19.7 Å². The normalized spacial score (nSPS) is 22.8. The van der Waals surface area contributed by atoms with Gasteiger partial charge in [-0.2, -0.15) is 18.3 Å². The standard InChI is InChI=1S/C17H20N4O3.C2HF3O2/c1-20-10-13(8-19-20)16(22)21-6-4-17(12-21)7-15(11-23-17)24-14-3-2-5-18-9-14;3-2(4,5)1(6)7/h2-3,5,8-10,15H,4,6-7,11-12H2,1H3;(H,6,7)/t15-,17+;/m1./s1. The molecule has 12 heteroatoms. The van der Waals surface area contributed by atoms with E-state index >= 15 is 0 Å². The number of ether oxygens (including phenoxy) is 2. The average molecular weight is 442 g/mol. The van der Waals surface area contributed by atoms with Crippen LogP contribution in [0.4, 0.5) is 13.2 Å². The Labute approximate surface area is 175 Å². The molecule has 31 heavy (non-hydrogen) atoms. The Balaban J connectivity index is 0.000000339. The van der Waals surface area contributed by atoms with Crippen LogP contribution in [0, 0.1) is 0 Å². The van der Waals surface area contributed by atoms with Crippen molar-refractivity contribution in [1.29, 1.82) is 0 Å². The molecule has 2 aliphatic heterocycles. The molecule has 0 bridgehead atoms. The molecule has 9 nitrogen and oxygen atoms in total. The average Bonchev–Trinajstić information content (AvgIpc) is 3.43. The third-order valence-corrected chi connectivity index (χ3v) is 4.91. The minimum atomic E-state index is -5.08. The van der Waals surface area contributed by atoms with Crippen LogP contribution in [-0.4, -0.2) is 74.2 Å². The van der Waals surface area contributed by atoms with Crippen molar-refractivity contribution < 1.29 is 37.3 Å². The summed E-state index contributed by atoms with van der Waals surface area (Å²) in [6.45, 7) is 1.85. The number of pyridine rings is 1. The molecule has 0 radical (unpaired) electrons. The van der Waals surface area contributed by atoms with Gasteiger partial charge in [-0.05, 0) is 18.6 Å². The molecule has 168 valence electrons. The quantitative estimate of drug-likeness (QED) is 0.774. The number of hydrogen-bond acceptors (Lipinski definition) is 6. The van der Waals surface area contributed by atoms with Gasteiger partial charge < -0.3 is 19.5 Å². The molecule has 2 atom stereocenters. The van der Waals surface area contributed by atoms with Crippen LogP contribution in [0.15, 0.2) is 36.9 Å². The van der Waals surface area contributed by atoms with Gasteiger partial charge in [0.25, 0.3) is 5.91 Å². The van der Waals surface area contributed by atoms with Crippen LogP contribution < -0.4 is 4.74 Å². The Morgan fingerprint density at radius 2 is 2.10 bits per heavy atom. The van der Waals surface area contributed by atoms with Crippen LogP contribution in [0.2, 0.25) is 0 Å². The summed E-state index contributed by atoms with van der Waals surface area (Å²) in [7, 11) is 1.81. The van der Waals surface area contributed by atoms with Gasteiger partial charge in [-0.1, -0.05) is 0 Å². The number of alkyl halides is 3. The highest BCUT2D eigenvalue weighted by atomic mass is 19.4. The zero-order chi connectivity index (χ0) is 22.6. The summed E-state index contributed by atoms with van der Waals surface area (Å²) in [4.78, 5) is 27.4. The summed E-state index contributed by atoms with van der Waals surface area (Å²) < 4.78 is 45.4. The summed E-state index contributed by atoms with van der Waals surface area (Å²) in [5.74, 6) is -1.99. The van der Waals surface area contributed by atoms with E-state index in [0.717, 1.165) is 18.6 Å². The lowest BCUT2D eigenvalue weighted by Gasteiger charge is -2.23. The van der Waals surface area contributed by atoms with Crippen LogP contribution in [0.1, 0.15) is 23.2 Å². The molecule has 2 aliphatic rings. The number of carbonyl (C=O) groups is 2. The van der Waals surface area contributed by atoms with Gasteiger partial charge in [0, 0.05) is 32.4 Å². The first kappa shape index (κ1) is 22.5. The van der Waals surface area contributed by atoms with Crippen LogP contribution in [-0.2, 0) is 16.6 Å². The maximum absolute atomic E-state index is 12.6. The first-order chi connectivity index (χ1) is 14.6. The van der Waals surface area contributed by atoms with Gasteiger partial charge in [-0.3, -0.25) is 14.5 Å². The van der Waals surface area contributed by atoms with Crippen LogP contribution in [0.5, 0.6) is 5.75 Å². The summed E-state index contributed by atoms with van der Waals surface area (Å²) in [6, 6.07) is 3.75. The molecular formula is C19H21F3N4O5. The van der Waals surface area contributed by atoms with E-state index in [1.165, 1.54) is 0 Å². The Kier molecular flexibility index (Phi) is 6.48. The van der Waals surface area contributed by atoms with Gasteiger partial charge >= 0.3 is 12.1 Å². The number of amides is 1. The van der Waals surface area contributed by atoms with Gasteiger partial charge in [-0.15, -0.1) is 0 Å². The lowest BCUT2D eigenvalue weighted by atomic mass is 9.98. The molecule has 0 aliphatic carbocycles. The van der Waals surface area contributed by atoms with Gasteiger partial charge in [0.05, 0.1) is 36.7 Å². The van der Waals surface area contributed by atoms with E-state index in [1.807, 2.05) is 24.1 Å². The molecule has 1 spiro atoms. The second-order valence-corrected chi connectivity index (χ2v) is 7.31. The van der Waals surface area contributed by atoms with Crippen molar-refractivity contribution in [3.8, 4) is 5.75 Å². The number of rotatable bonds is 3. The Morgan fingerprint density at radius 3 is 2.68 bits per heavy atom. The number of carbonyl (C=O) groups excluding carboxylic acids is 1. The molecule has 0 aromatic carbocycles. The topological polar surface area (TPSA) is 107 Å². The van der Waals surface area contributed by atoms with Gasteiger partial charge in [-0.25, -0.2) is 4.79 Å². The van der Waals surface area contributed by atoms with Gasteiger partial charge in [0.15, 0.2) is 0 Å². The van der Waals surface area contributed by atoms with Crippen molar-refractivity contribution in [2.45, 2.75) is 30.7 Å². The molecule has 4 heterocycles. The molecular weight excluding hydrogens is 421 g/mol. The number of aryl methyl sites for hydroxylation is 1. The predicted molar refractivity (Wildman–Crippen MR) is 99.4 cm³/mol. The molecule has 1 amide bonds. The lowest BCUT2D eigenvalue weighted by molar-refractivity contribution is -0.192. The molecule has 0 saturated carbocycles. The van der Waals surface area contributed by atoms with Crippen molar-refractivity contribution >= 4 is 11.9 Å². The van der Waals surface area contributed by atoms with E-state index in [0.29, 0.717) is 25.3 Å². The van der Waals surface area contributed by atoms with E-state index in [1.54, 1.807) is 29.5 Å². The smallest absolute Gasteiger partial charge is 0.486 e. The third-order valence-electron chi connectivity index (χ3n) is 4.91. The number of likely N-dealkylation sites (tertiary alicyclic amines) is 1. The first-order valence-corrected chi connectivity index (χ1v) is 9.37. The van der Waals surface area contributed by atoms with Gasteiger partial charge in [0.2, 0.25) is 0 Å². The molecule has 2 saturated heterocycles. The van der Waals surface area contributed by atoms with Crippen molar-refractivity contribution in [3.05, 3.63) is 42.5 Å². The molecule has 0 unspecified atom stereocenters. The third kappa shape index (κ3) is 5.72. The Bertz CT molecular complexity index is 921. The van der Waals surface area contributed by atoms with Crippen LogP contribution in [0.25, 0.3) is 0 Å². The highest BCUT2D eigenvalue weighted by Crippen LogP contribution is 2.37. The molecule has 2 aromatic heterocycles.